The highest BCUT2D eigenvalue weighted by atomic mass is 19.4. The van der Waals surface area contributed by atoms with Gasteiger partial charge in [-0.05, 0) is 46.8 Å². The van der Waals surface area contributed by atoms with E-state index in [0.29, 0.717) is 17.9 Å². The van der Waals surface area contributed by atoms with Gasteiger partial charge in [0.2, 0.25) is 5.91 Å². The third-order valence-electron chi connectivity index (χ3n) is 5.73. The van der Waals surface area contributed by atoms with Gasteiger partial charge in [-0.1, -0.05) is 0 Å². The van der Waals surface area contributed by atoms with Gasteiger partial charge in [0.15, 0.2) is 0 Å². The summed E-state index contributed by atoms with van der Waals surface area (Å²) in [5.41, 5.74) is -0.775. The summed E-state index contributed by atoms with van der Waals surface area (Å²) >= 11 is 0. The zero-order chi connectivity index (χ0) is 25.3. The van der Waals surface area contributed by atoms with Crippen LogP contribution in [0.25, 0.3) is 11.0 Å². The molecule has 0 bridgehead atoms. The molecule has 0 spiro atoms. The van der Waals surface area contributed by atoms with E-state index < -0.39 is 48.3 Å². The normalized spacial score (nSPS) is 18.2. The van der Waals surface area contributed by atoms with Crippen LogP contribution in [0.4, 0.5) is 18.0 Å². The maximum Gasteiger partial charge on any atom is 0.411 e. The molecule has 3 rings (SSSR count). The molecule has 34 heavy (non-hydrogen) atoms. The second kappa shape index (κ2) is 9.44. The molecule has 1 atom stereocenters. The standard InChI is InChI=1S/C23H31F3N4O4/c1-21(2,3)34-20(32)30-11-10-29(14-16(30)19(31)28-9-7-23(24,25)26)22(4,5)18-12-15-13-27-8-6-17(15)33-18/h6,8,12-13,16H,7,9-11,14H2,1-5H3,(H,28,31)/t16-/m0/s1. The van der Waals surface area contributed by atoms with Crippen LogP contribution >= 0.6 is 0 Å². The topological polar surface area (TPSA) is 87.9 Å². The van der Waals surface area contributed by atoms with Crippen molar-refractivity contribution in [1.82, 2.24) is 20.1 Å². The molecule has 0 saturated carbocycles. The number of hydrogen-bond donors (Lipinski definition) is 1. The summed E-state index contributed by atoms with van der Waals surface area (Å²) in [7, 11) is 0. The molecule has 1 saturated heterocycles. The highest BCUT2D eigenvalue weighted by Gasteiger charge is 2.43. The number of alkyl halides is 3. The van der Waals surface area contributed by atoms with Crippen LogP contribution in [0.2, 0.25) is 0 Å². The first-order valence-corrected chi connectivity index (χ1v) is 11.1. The Kier molecular flexibility index (Phi) is 7.16. The van der Waals surface area contributed by atoms with Gasteiger partial charge in [0, 0.05) is 44.0 Å². The molecule has 188 valence electrons. The highest BCUT2D eigenvalue weighted by molar-refractivity contribution is 5.86. The average Bonchev–Trinajstić information content (AvgIpc) is 3.16. The van der Waals surface area contributed by atoms with E-state index in [1.165, 1.54) is 4.90 Å². The molecule has 2 aromatic heterocycles. The third-order valence-corrected chi connectivity index (χ3v) is 5.73. The average molecular weight is 485 g/mol. The van der Waals surface area contributed by atoms with E-state index in [-0.39, 0.29) is 13.1 Å². The quantitative estimate of drug-likeness (QED) is 0.689. The molecule has 1 aliphatic heterocycles. The Balaban J connectivity index is 1.82. The summed E-state index contributed by atoms with van der Waals surface area (Å²) in [5, 5.41) is 3.16. The lowest BCUT2D eigenvalue weighted by atomic mass is 9.96. The van der Waals surface area contributed by atoms with Crippen LogP contribution in [0.5, 0.6) is 0 Å². The predicted octanol–water partition coefficient (Wildman–Crippen LogP) is 4.05. The van der Waals surface area contributed by atoms with E-state index in [9.17, 15) is 22.8 Å². The number of nitrogens with one attached hydrogen (secondary N) is 1. The minimum absolute atomic E-state index is 0.0966. The second-order valence-electron chi connectivity index (χ2n) is 9.87. The molecule has 0 aromatic carbocycles. The molecular formula is C23H31F3N4O4. The Morgan fingerprint density at radius 2 is 1.91 bits per heavy atom. The summed E-state index contributed by atoms with van der Waals surface area (Å²) in [5.74, 6) is -0.0122. The summed E-state index contributed by atoms with van der Waals surface area (Å²) in [4.78, 5) is 33.1. The Morgan fingerprint density at radius 3 is 2.53 bits per heavy atom. The number of ether oxygens (including phenoxy) is 1. The number of halogens is 3. The summed E-state index contributed by atoms with van der Waals surface area (Å²) in [6.45, 7) is 9.09. The number of carbonyl (C=O) groups excluding carboxylic acids is 2. The fraction of sp³-hybridized carbons (Fsp3) is 0.609. The molecule has 11 heteroatoms. The molecule has 1 aliphatic rings. The van der Waals surface area contributed by atoms with Crippen molar-refractivity contribution in [1.29, 1.82) is 0 Å². The summed E-state index contributed by atoms with van der Waals surface area (Å²) in [6.07, 6.45) is -2.91. The smallest absolute Gasteiger partial charge is 0.411 e. The Hall–Kier alpha value is -2.82. The first-order valence-electron chi connectivity index (χ1n) is 11.1. The zero-order valence-electron chi connectivity index (χ0n) is 20.0. The number of hydrogen-bond acceptors (Lipinski definition) is 6. The molecule has 1 fully saturated rings. The van der Waals surface area contributed by atoms with Gasteiger partial charge in [-0.15, -0.1) is 0 Å². The van der Waals surface area contributed by atoms with Crippen LogP contribution < -0.4 is 5.32 Å². The van der Waals surface area contributed by atoms with Gasteiger partial charge in [0.1, 0.15) is 23.0 Å². The second-order valence-corrected chi connectivity index (χ2v) is 9.87. The molecule has 3 heterocycles. The SMILES string of the molecule is CC(C)(C)OC(=O)N1CCN(C(C)(C)c2cc3cnccc3o2)C[C@H]1C(=O)NCCC(F)(F)F. The number of fused-ring (bicyclic) bond motifs is 1. The Morgan fingerprint density at radius 1 is 1.21 bits per heavy atom. The lowest BCUT2D eigenvalue weighted by Crippen LogP contribution is -2.64. The number of aromatic nitrogens is 1. The molecule has 8 nitrogen and oxygen atoms in total. The van der Waals surface area contributed by atoms with Gasteiger partial charge in [-0.25, -0.2) is 4.79 Å². The summed E-state index contributed by atoms with van der Waals surface area (Å²) < 4.78 is 49.2. The van der Waals surface area contributed by atoms with E-state index in [1.807, 2.05) is 24.8 Å². The van der Waals surface area contributed by atoms with Crippen LogP contribution in [0, 0.1) is 0 Å². The number of nitrogens with zero attached hydrogens (tertiary/aromatic N) is 3. The maximum absolute atomic E-state index is 12.9. The first kappa shape index (κ1) is 25.8. The van der Waals surface area contributed by atoms with Crippen LogP contribution in [0.3, 0.4) is 0 Å². The third kappa shape index (κ3) is 6.19. The van der Waals surface area contributed by atoms with Gasteiger partial charge in [-0.3, -0.25) is 19.6 Å². The number of pyridine rings is 1. The van der Waals surface area contributed by atoms with E-state index >= 15 is 0 Å². The molecule has 2 amide bonds. The number of furan rings is 1. The minimum atomic E-state index is -4.39. The van der Waals surface area contributed by atoms with Gasteiger partial charge in [-0.2, -0.15) is 13.2 Å². The molecule has 1 N–H and O–H groups in total. The monoisotopic (exact) mass is 484 g/mol. The van der Waals surface area contributed by atoms with Crippen LogP contribution in [0.15, 0.2) is 28.9 Å². The number of rotatable bonds is 5. The fourth-order valence-corrected chi connectivity index (χ4v) is 3.84. The van der Waals surface area contributed by atoms with Crippen molar-refractivity contribution in [2.24, 2.45) is 0 Å². The van der Waals surface area contributed by atoms with Crippen molar-refractivity contribution in [3.05, 3.63) is 30.3 Å². The van der Waals surface area contributed by atoms with Crippen molar-refractivity contribution >= 4 is 23.0 Å². The zero-order valence-corrected chi connectivity index (χ0v) is 20.0. The fourth-order valence-electron chi connectivity index (χ4n) is 3.84. The lowest BCUT2D eigenvalue weighted by Gasteiger charge is -2.46. The highest BCUT2D eigenvalue weighted by Crippen LogP contribution is 2.34. The van der Waals surface area contributed by atoms with Gasteiger partial charge in [0.05, 0.1) is 12.0 Å². The molecular weight excluding hydrogens is 453 g/mol. The lowest BCUT2D eigenvalue weighted by molar-refractivity contribution is -0.138. The number of piperazine rings is 1. The minimum Gasteiger partial charge on any atom is -0.459 e. The van der Waals surface area contributed by atoms with E-state index in [4.69, 9.17) is 9.15 Å². The van der Waals surface area contributed by atoms with Crippen molar-refractivity contribution in [3.8, 4) is 0 Å². The summed E-state index contributed by atoms with van der Waals surface area (Å²) in [6, 6.07) is 2.61. The van der Waals surface area contributed by atoms with Crippen LogP contribution in [0.1, 0.15) is 46.8 Å². The van der Waals surface area contributed by atoms with Gasteiger partial charge >= 0.3 is 12.3 Å². The Bertz CT molecular complexity index is 996. The van der Waals surface area contributed by atoms with Crippen LogP contribution in [-0.2, 0) is 15.1 Å². The van der Waals surface area contributed by atoms with Crippen molar-refractivity contribution in [2.45, 2.75) is 64.4 Å². The van der Waals surface area contributed by atoms with Crippen molar-refractivity contribution in [3.63, 3.8) is 0 Å². The van der Waals surface area contributed by atoms with Gasteiger partial charge in [0.25, 0.3) is 0 Å². The number of carbonyl (C=O) groups is 2. The molecule has 0 unspecified atom stereocenters. The molecule has 0 radical (unpaired) electrons. The van der Waals surface area contributed by atoms with E-state index in [1.54, 1.807) is 39.2 Å². The van der Waals surface area contributed by atoms with Crippen molar-refractivity contribution in [2.75, 3.05) is 26.2 Å². The number of amides is 2. The van der Waals surface area contributed by atoms with Crippen molar-refractivity contribution < 1.29 is 31.9 Å². The predicted molar refractivity (Wildman–Crippen MR) is 119 cm³/mol. The van der Waals surface area contributed by atoms with Gasteiger partial charge < -0.3 is 14.5 Å². The molecule has 0 aliphatic carbocycles. The van der Waals surface area contributed by atoms with Crippen LogP contribution in [-0.4, -0.2) is 70.8 Å². The first-order chi connectivity index (χ1) is 15.7. The van der Waals surface area contributed by atoms with E-state index in [2.05, 4.69) is 10.3 Å². The van der Waals surface area contributed by atoms with E-state index in [0.717, 1.165) is 5.39 Å². The maximum atomic E-state index is 12.9. The molecule has 2 aromatic rings. The Labute approximate surface area is 196 Å². The largest absolute Gasteiger partial charge is 0.459 e.